The van der Waals surface area contributed by atoms with E-state index in [2.05, 4.69) is 15.3 Å². The van der Waals surface area contributed by atoms with Crippen molar-refractivity contribution in [2.24, 2.45) is 0 Å². The van der Waals surface area contributed by atoms with Gasteiger partial charge in [-0.15, -0.1) is 0 Å². The molecule has 2 rings (SSSR count). The molecule has 0 fully saturated rings. The highest BCUT2D eigenvalue weighted by Gasteiger charge is 2.10. The zero-order valence-electron chi connectivity index (χ0n) is 11.0. The summed E-state index contributed by atoms with van der Waals surface area (Å²) in [5, 5.41) is 4.09. The predicted octanol–water partition coefficient (Wildman–Crippen LogP) is 3.60. The molecular weight excluding hydrogens is 302 g/mol. The van der Waals surface area contributed by atoms with Crippen LogP contribution in [0.5, 0.6) is 0 Å². The summed E-state index contributed by atoms with van der Waals surface area (Å²) in [6.07, 6.45) is 1.12. The fraction of sp³-hybridized carbons (Fsp3) is 0.231. The van der Waals surface area contributed by atoms with Crippen LogP contribution in [0.2, 0.25) is 10.0 Å². The molecule has 0 spiro atoms. The molecule has 1 aromatic heterocycles. The predicted molar refractivity (Wildman–Crippen MR) is 80.1 cm³/mol. The van der Waals surface area contributed by atoms with Crippen LogP contribution >= 0.6 is 23.2 Å². The molecule has 1 aromatic carbocycles. The Morgan fingerprint density at radius 1 is 1.25 bits per heavy atom. The second-order valence-electron chi connectivity index (χ2n) is 4.31. The number of anilines is 2. The Bertz CT molecular complexity index is 599. The van der Waals surface area contributed by atoms with Crippen LogP contribution in [0.3, 0.4) is 0 Å². The normalized spacial score (nSPS) is 10.4. The number of hydrogen-bond acceptors (Lipinski definition) is 4. The van der Waals surface area contributed by atoms with Crippen molar-refractivity contribution < 1.29 is 4.39 Å². The highest BCUT2D eigenvalue weighted by Crippen LogP contribution is 2.25. The van der Waals surface area contributed by atoms with Crippen molar-refractivity contribution in [1.82, 2.24) is 9.97 Å². The van der Waals surface area contributed by atoms with Gasteiger partial charge < -0.3 is 10.2 Å². The number of hydrogen-bond donors (Lipinski definition) is 1. The van der Waals surface area contributed by atoms with Gasteiger partial charge in [-0.3, -0.25) is 0 Å². The summed E-state index contributed by atoms with van der Waals surface area (Å²) in [7, 11) is 3.42. The van der Waals surface area contributed by atoms with Crippen LogP contribution in [0.25, 0.3) is 0 Å². The van der Waals surface area contributed by atoms with E-state index in [0.29, 0.717) is 22.5 Å². The van der Waals surface area contributed by atoms with Gasteiger partial charge in [0.05, 0.1) is 6.20 Å². The molecule has 1 heterocycles. The summed E-state index contributed by atoms with van der Waals surface area (Å²) in [5.74, 6) is 0.0511. The van der Waals surface area contributed by atoms with E-state index in [0.717, 1.165) is 11.8 Å². The Morgan fingerprint density at radius 3 is 2.50 bits per heavy atom. The van der Waals surface area contributed by atoms with Crippen LogP contribution in [0.4, 0.5) is 16.2 Å². The Balaban J connectivity index is 2.17. The van der Waals surface area contributed by atoms with Gasteiger partial charge in [-0.25, -0.2) is 9.37 Å². The van der Waals surface area contributed by atoms with Gasteiger partial charge in [0.15, 0.2) is 11.6 Å². The van der Waals surface area contributed by atoms with Crippen molar-refractivity contribution in [3.8, 4) is 0 Å². The monoisotopic (exact) mass is 314 g/mol. The molecule has 2 aromatic rings. The number of nitrogens with one attached hydrogen (secondary N) is 1. The van der Waals surface area contributed by atoms with E-state index in [-0.39, 0.29) is 5.82 Å². The van der Waals surface area contributed by atoms with Crippen LogP contribution in [0.1, 0.15) is 5.56 Å². The lowest BCUT2D eigenvalue weighted by Crippen LogP contribution is -2.15. The second kappa shape index (κ2) is 6.24. The fourth-order valence-corrected chi connectivity index (χ4v) is 2.16. The smallest absolute Gasteiger partial charge is 0.225 e. The minimum absolute atomic E-state index is 0.216. The lowest BCUT2D eigenvalue weighted by molar-refractivity contribution is 0.612. The maximum Gasteiger partial charge on any atom is 0.225 e. The number of halogens is 3. The SMILES string of the molecule is CN(C)c1nc(NCc2c(Cl)cccc2Cl)ncc1F. The largest absolute Gasteiger partial charge is 0.360 e. The third-order valence-electron chi connectivity index (χ3n) is 2.63. The maximum absolute atomic E-state index is 13.5. The van der Waals surface area contributed by atoms with Crippen LogP contribution < -0.4 is 10.2 Å². The first-order valence-electron chi connectivity index (χ1n) is 5.85. The number of benzene rings is 1. The van der Waals surface area contributed by atoms with Crippen LogP contribution in [-0.2, 0) is 6.54 Å². The molecule has 0 aliphatic heterocycles. The molecule has 0 radical (unpaired) electrons. The average molecular weight is 315 g/mol. The van der Waals surface area contributed by atoms with Crippen molar-refractivity contribution in [1.29, 1.82) is 0 Å². The van der Waals surface area contributed by atoms with Crippen molar-refractivity contribution in [3.05, 3.63) is 45.8 Å². The highest BCUT2D eigenvalue weighted by atomic mass is 35.5. The van der Waals surface area contributed by atoms with Crippen LogP contribution in [0, 0.1) is 5.82 Å². The molecule has 0 saturated carbocycles. The average Bonchev–Trinajstić information content (AvgIpc) is 2.39. The summed E-state index contributed by atoms with van der Waals surface area (Å²) >= 11 is 12.1. The first-order valence-corrected chi connectivity index (χ1v) is 6.61. The van der Waals surface area contributed by atoms with Gasteiger partial charge >= 0.3 is 0 Å². The molecule has 4 nitrogen and oxygen atoms in total. The van der Waals surface area contributed by atoms with Gasteiger partial charge in [-0.2, -0.15) is 4.98 Å². The summed E-state index contributed by atoms with van der Waals surface area (Å²) in [6, 6.07) is 5.27. The van der Waals surface area contributed by atoms with E-state index in [4.69, 9.17) is 23.2 Å². The molecular formula is C13H13Cl2FN4. The highest BCUT2D eigenvalue weighted by molar-refractivity contribution is 6.36. The Morgan fingerprint density at radius 2 is 1.90 bits per heavy atom. The number of rotatable bonds is 4. The first-order chi connectivity index (χ1) is 9.49. The summed E-state index contributed by atoms with van der Waals surface area (Å²) in [4.78, 5) is 9.55. The van der Waals surface area contributed by atoms with Crippen molar-refractivity contribution >= 4 is 35.0 Å². The lowest BCUT2D eigenvalue weighted by Gasteiger charge is -2.14. The van der Waals surface area contributed by atoms with Gasteiger partial charge in [0.2, 0.25) is 5.95 Å². The van der Waals surface area contributed by atoms with Crippen LogP contribution in [0.15, 0.2) is 24.4 Å². The van der Waals surface area contributed by atoms with E-state index in [9.17, 15) is 4.39 Å². The van der Waals surface area contributed by atoms with Gasteiger partial charge in [0.1, 0.15) is 0 Å². The number of aromatic nitrogens is 2. The zero-order valence-corrected chi connectivity index (χ0v) is 12.5. The third kappa shape index (κ3) is 3.29. The second-order valence-corrected chi connectivity index (χ2v) is 5.13. The molecule has 0 saturated heterocycles. The van der Waals surface area contributed by atoms with Crippen molar-refractivity contribution in [2.45, 2.75) is 6.54 Å². The lowest BCUT2D eigenvalue weighted by atomic mass is 10.2. The first kappa shape index (κ1) is 14.8. The third-order valence-corrected chi connectivity index (χ3v) is 3.34. The number of nitrogens with zero attached hydrogens (tertiary/aromatic N) is 3. The fourth-order valence-electron chi connectivity index (χ4n) is 1.63. The summed E-state index contributed by atoms with van der Waals surface area (Å²) in [6.45, 7) is 0.358. The standard InChI is InChI=1S/C13H13Cl2FN4/c1-20(2)12-11(16)7-18-13(19-12)17-6-8-9(14)4-3-5-10(8)15/h3-5,7H,6H2,1-2H3,(H,17,18,19). The molecule has 0 bridgehead atoms. The molecule has 0 unspecified atom stereocenters. The van der Waals surface area contributed by atoms with E-state index in [1.165, 1.54) is 0 Å². The van der Waals surface area contributed by atoms with Crippen molar-refractivity contribution in [3.63, 3.8) is 0 Å². The van der Waals surface area contributed by atoms with E-state index in [1.54, 1.807) is 37.2 Å². The molecule has 0 amide bonds. The van der Waals surface area contributed by atoms with Gasteiger partial charge in [-0.1, -0.05) is 29.3 Å². The zero-order chi connectivity index (χ0) is 14.7. The van der Waals surface area contributed by atoms with E-state index >= 15 is 0 Å². The molecule has 1 N–H and O–H groups in total. The van der Waals surface area contributed by atoms with Gasteiger partial charge in [-0.05, 0) is 12.1 Å². The van der Waals surface area contributed by atoms with E-state index < -0.39 is 5.82 Å². The molecule has 7 heteroatoms. The van der Waals surface area contributed by atoms with Crippen LogP contribution in [-0.4, -0.2) is 24.1 Å². The Kier molecular flexibility index (Phi) is 4.62. The maximum atomic E-state index is 13.5. The minimum atomic E-state index is -0.476. The minimum Gasteiger partial charge on any atom is -0.360 e. The van der Waals surface area contributed by atoms with Gasteiger partial charge in [0, 0.05) is 36.2 Å². The van der Waals surface area contributed by atoms with Crippen molar-refractivity contribution in [2.75, 3.05) is 24.3 Å². The molecule has 0 atom stereocenters. The molecule has 0 aliphatic carbocycles. The quantitative estimate of drug-likeness (QED) is 0.936. The Labute approximate surface area is 126 Å². The summed E-state index contributed by atoms with van der Waals surface area (Å²) < 4.78 is 13.5. The Hall–Kier alpha value is -1.59. The van der Waals surface area contributed by atoms with E-state index in [1.807, 2.05) is 0 Å². The topological polar surface area (TPSA) is 41.1 Å². The molecule has 20 heavy (non-hydrogen) atoms. The molecule has 0 aliphatic rings. The molecule has 106 valence electrons. The van der Waals surface area contributed by atoms with Gasteiger partial charge in [0.25, 0.3) is 0 Å². The summed E-state index contributed by atoms with van der Waals surface area (Å²) in [5.41, 5.74) is 0.746.